The molecule has 108 valence electrons. The summed E-state index contributed by atoms with van der Waals surface area (Å²) >= 11 is 0. The number of hydrogen-bond acceptors (Lipinski definition) is 5. The summed E-state index contributed by atoms with van der Waals surface area (Å²) in [6, 6.07) is 5.97. The van der Waals surface area contributed by atoms with Crippen LogP contribution in [0.15, 0.2) is 22.7 Å². The number of nitrogens with zero attached hydrogens (tertiary/aromatic N) is 2. The number of nitrogens with two attached hydrogens (primary N) is 1. The Morgan fingerprint density at radius 1 is 1.30 bits per heavy atom. The summed E-state index contributed by atoms with van der Waals surface area (Å²) < 4.78 is 10.8. The lowest BCUT2D eigenvalue weighted by molar-refractivity contribution is 0.346. The van der Waals surface area contributed by atoms with Crippen LogP contribution in [0.1, 0.15) is 31.2 Å². The van der Waals surface area contributed by atoms with Gasteiger partial charge in [0.25, 0.3) is 0 Å². The van der Waals surface area contributed by atoms with E-state index in [1.165, 1.54) is 5.56 Å². The largest absolute Gasteiger partial charge is 0.493 e. The lowest BCUT2D eigenvalue weighted by Gasteiger charge is -2.09. The van der Waals surface area contributed by atoms with Crippen molar-refractivity contribution in [1.29, 1.82) is 0 Å². The van der Waals surface area contributed by atoms with Crippen molar-refractivity contribution in [2.24, 2.45) is 5.73 Å². The van der Waals surface area contributed by atoms with Crippen LogP contribution in [0.2, 0.25) is 0 Å². The maximum atomic E-state index is 5.85. The number of aromatic nitrogens is 2. The van der Waals surface area contributed by atoms with Gasteiger partial charge in [-0.3, -0.25) is 0 Å². The number of fused-ring (bicyclic) bond motifs is 1. The first-order chi connectivity index (χ1) is 9.15. The minimum atomic E-state index is -0.0123. The molecule has 0 fully saturated rings. The maximum Gasteiger partial charge on any atom is 0.231 e. The van der Waals surface area contributed by atoms with E-state index in [1.807, 2.05) is 26.0 Å². The predicted molar refractivity (Wildman–Crippen MR) is 78.2 cm³/mol. The van der Waals surface area contributed by atoms with Gasteiger partial charge >= 0.3 is 0 Å². The number of hydrogen-bond donors (Lipinski definition) is 1. The van der Waals surface area contributed by atoms with Gasteiger partial charge in [0.2, 0.25) is 11.7 Å². The molecule has 1 aromatic heterocycles. The van der Waals surface area contributed by atoms with Crippen molar-refractivity contribution in [3.63, 3.8) is 0 Å². The van der Waals surface area contributed by atoms with E-state index in [4.69, 9.17) is 15.0 Å². The van der Waals surface area contributed by atoms with Crippen molar-refractivity contribution >= 4 is 12.4 Å². The van der Waals surface area contributed by atoms with Crippen LogP contribution in [0.3, 0.4) is 0 Å². The molecule has 0 spiro atoms. The Hall–Kier alpha value is -1.59. The Morgan fingerprint density at radius 3 is 2.85 bits per heavy atom. The molecule has 0 radical (unpaired) electrons. The van der Waals surface area contributed by atoms with Crippen molar-refractivity contribution in [3.8, 4) is 17.1 Å². The first kappa shape index (κ1) is 14.8. The molecular formula is C14H18ClN3O2. The summed E-state index contributed by atoms with van der Waals surface area (Å²) in [5, 5.41) is 4.03. The zero-order chi connectivity index (χ0) is 13.4. The van der Waals surface area contributed by atoms with Gasteiger partial charge in [-0.25, -0.2) is 0 Å². The molecule has 2 aromatic rings. The van der Waals surface area contributed by atoms with Crippen LogP contribution < -0.4 is 10.5 Å². The van der Waals surface area contributed by atoms with E-state index in [1.54, 1.807) is 0 Å². The molecule has 3 rings (SSSR count). The molecule has 6 heteroatoms. The number of ether oxygens (including phenoxy) is 1. The van der Waals surface area contributed by atoms with E-state index in [9.17, 15) is 0 Å². The standard InChI is InChI=1S/C14H17N3O2.ClH/c1-8(9(2)15)14-16-13(17-19-14)11-3-4-12-10(7-11)5-6-18-12;/h3-4,7-9H,5-6,15H2,1-2H3;1H. The number of benzene rings is 1. The van der Waals surface area contributed by atoms with Crippen LogP contribution in [0.5, 0.6) is 5.75 Å². The van der Waals surface area contributed by atoms with Gasteiger partial charge in [0.05, 0.1) is 12.5 Å². The predicted octanol–water partition coefficient (Wildman–Crippen LogP) is 2.54. The van der Waals surface area contributed by atoms with E-state index >= 15 is 0 Å². The van der Waals surface area contributed by atoms with Gasteiger partial charge in [-0.1, -0.05) is 12.1 Å². The first-order valence-corrected chi connectivity index (χ1v) is 6.50. The Labute approximate surface area is 123 Å². The maximum absolute atomic E-state index is 5.85. The molecule has 2 unspecified atom stereocenters. The van der Waals surface area contributed by atoms with Gasteiger partial charge in [0, 0.05) is 18.0 Å². The molecule has 0 saturated carbocycles. The average Bonchev–Trinajstić information content (AvgIpc) is 3.05. The zero-order valence-corrected chi connectivity index (χ0v) is 12.3. The zero-order valence-electron chi connectivity index (χ0n) is 11.5. The minimum Gasteiger partial charge on any atom is -0.493 e. The molecule has 0 aliphatic carbocycles. The molecule has 2 atom stereocenters. The molecule has 1 aliphatic heterocycles. The fourth-order valence-corrected chi connectivity index (χ4v) is 2.09. The Morgan fingerprint density at radius 2 is 2.10 bits per heavy atom. The summed E-state index contributed by atoms with van der Waals surface area (Å²) in [6.45, 7) is 4.66. The second-order valence-corrected chi connectivity index (χ2v) is 5.02. The monoisotopic (exact) mass is 295 g/mol. The summed E-state index contributed by atoms with van der Waals surface area (Å²) in [4.78, 5) is 4.43. The van der Waals surface area contributed by atoms with Gasteiger partial charge in [-0.2, -0.15) is 4.98 Å². The van der Waals surface area contributed by atoms with Crippen LogP contribution in [0, 0.1) is 0 Å². The fourth-order valence-electron chi connectivity index (χ4n) is 2.09. The van der Waals surface area contributed by atoms with Crippen molar-refractivity contribution in [2.45, 2.75) is 32.2 Å². The number of rotatable bonds is 3. The van der Waals surface area contributed by atoms with Gasteiger partial charge in [0.1, 0.15) is 5.75 Å². The van der Waals surface area contributed by atoms with Gasteiger partial charge in [-0.15, -0.1) is 12.4 Å². The summed E-state index contributed by atoms with van der Waals surface area (Å²) in [5.74, 6) is 2.20. The van der Waals surface area contributed by atoms with Crippen LogP contribution in [0.25, 0.3) is 11.4 Å². The second kappa shape index (κ2) is 5.81. The minimum absolute atomic E-state index is 0. The highest BCUT2D eigenvalue weighted by atomic mass is 35.5. The molecule has 20 heavy (non-hydrogen) atoms. The molecule has 0 bridgehead atoms. The smallest absolute Gasteiger partial charge is 0.231 e. The van der Waals surface area contributed by atoms with Gasteiger partial charge in [-0.05, 0) is 30.7 Å². The summed E-state index contributed by atoms with van der Waals surface area (Å²) in [6.07, 6.45) is 0.935. The number of halogens is 1. The van der Waals surface area contributed by atoms with Crippen molar-refractivity contribution < 1.29 is 9.26 Å². The summed E-state index contributed by atoms with van der Waals surface area (Å²) in [7, 11) is 0. The van der Waals surface area contributed by atoms with E-state index in [0.717, 1.165) is 24.3 Å². The van der Waals surface area contributed by atoms with Crippen LogP contribution in [-0.2, 0) is 6.42 Å². The Bertz CT molecular complexity index is 598. The van der Waals surface area contributed by atoms with E-state index in [0.29, 0.717) is 11.7 Å². The van der Waals surface area contributed by atoms with E-state index in [-0.39, 0.29) is 24.4 Å². The molecular weight excluding hydrogens is 278 g/mol. The van der Waals surface area contributed by atoms with Crippen LogP contribution >= 0.6 is 12.4 Å². The fraction of sp³-hybridized carbons (Fsp3) is 0.429. The third kappa shape index (κ3) is 2.64. The van der Waals surface area contributed by atoms with E-state index < -0.39 is 0 Å². The average molecular weight is 296 g/mol. The quantitative estimate of drug-likeness (QED) is 0.942. The van der Waals surface area contributed by atoms with Crippen LogP contribution in [-0.4, -0.2) is 22.8 Å². The molecule has 2 N–H and O–H groups in total. The first-order valence-electron chi connectivity index (χ1n) is 6.50. The van der Waals surface area contributed by atoms with Gasteiger partial charge in [0.15, 0.2) is 0 Å². The molecule has 0 amide bonds. The van der Waals surface area contributed by atoms with Crippen molar-refractivity contribution in [1.82, 2.24) is 10.1 Å². The highest BCUT2D eigenvalue weighted by molar-refractivity contribution is 5.85. The lowest BCUT2D eigenvalue weighted by atomic mass is 10.1. The highest BCUT2D eigenvalue weighted by Gasteiger charge is 2.19. The molecule has 2 heterocycles. The SMILES string of the molecule is CC(N)C(C)c1nc(-c2ccc3c(c2)CCO3)no1.Cl. The molecule has 0 saturated heterocycles. The molecule has 1 aliphatic rings. The highest BCUT2D eigenvalue weighted by Crippen LogP contribution is 2.30. The lowest BCUT2D eigenvalue weighted by Crippen LogP contribution is -2.22. The van der Waals surface area contributed by atoms with Gasteiger partial charge < -0.3 is 15.0 Å². The third-order valence-corrected chi connectivity index (χ3v) is 3.57. The molecule has 1 aromatic carbocycles. The van der Waals surface area contributed by atoms with Crippen molar-refractivity contribution in [3.05, 3.63) is 29.7 Å². The summed E-state index contributed by atoms with van der Waals surface area (Å²) in [5.41, 5.74) is 8.00. The molecule has 5 nitrogen and oxygen atoms in total. The van der Waals surface area contributed by atoms with Crippen LogP contribution in [0.4, 0.5) is 0 Å². The third-order valence-electron chi connectivity index (χ3n) is 3.57. The Balaban J connectivity index is 0.00000147. The Kier molecular flexibility index (Phi) is 4.30. The topological polar surface area (TPSA) is 74.2 Å². The van der Waals surface area contributed by atoms with E-state index in [2.05, 4.69) is 16.2 Å². The second-order valence-electron chi connectivity index (χ2n) is 5.02. The normalized spacial score (nSPS) is 15.9. The van der Waals surface area contributed by atoms with Crippen molar-refractivity contribution in [2.75, 3.05) is 6.61 Å².